The molecule has 0 aliphatic carbocycles. The number of urea groups is 1. The fraction of sp³-hybridized carbons (Fsp3) is 0.318. The molecular weight excluding hydrogens is 354 g/mol. The van der Waals surface area contributed by atoms with Crippen molar-refractivity contribution in [2.45, 2.75) is 33.2 Å². The fourth-order valence-electron chi connectivity index (χ4n) is 3.96. The highest BCUT2D eigenvalue weighted by molar-refractivity contribution is 6.22. The van der Waals surface area contributed by atoms with Gasteiger partial charge in [0.25, 0.3) is 11.8 Å². The molecule has 0 aromatic heterocycles. The number of rotatable bonds is 3. The van der Waals surface area contributed by atoms with Gasteiger partial charge in [-0.3, -0.25) is 19.4 Å². The first-order valence-corrected chi connectivity index (χ1v) is 9.55. The molecule has 0 saturated carbocycles. The Morgan fingerprint density at radius 3 is 2.57 bits per heavy atom. The number of hydrogen-bond donors (Lipinski definition) is 1. The van der Waals surface area contributed by atoms with E-state index < -0.39 is 0 Å². The van der Waals surface area contributed by atoms with E-state index in [0.717, 1.165) is 17.7 Å². The quantitative estimate of drug-likeness (QED) is 0.824. The van der Waals surface area contributed by atoms with Crippen LogP contribution in [-0.2, 0) is 6.42 Å². The van der Waals surface area contributed by atoms with Crippen molar-refractivity contribution in [3.8, 4) is 0 Å². The average Bonchev–Trinajstić information content (AvgIpc) is 3.10. The number of nitrogens with zero attached hydrogens (tertiary/aromatic N) is 2. The number of hydrogen-bond acceptors (Lipinski definition) is 3. The van der Waals surface area contributed by atoms with Gasteiger partial charge in [-0.05, 0) is 49.1 Å². The van der Waals surface area contributed by atoms with Crippen LogP contribution >= 0.6 is 0 Å². The Morgan fingerprint density at radius 2 is 1.82 bits per heavy atom. The molecule has 2 aromatic rings. The van der Waals surface area contributed by atoms with Crippen molar-refractivity contribution in [2.24, 2.45) is 5.92 Å². The van der Waals surface area contributed by atoms with Gasteiger partial charge in [-0.1, -0.05) is 32.0 Å². The van der Waals surface area contributed by atoms with Crippen LogP contribution in [0.1, 0.15) is 47.1 Å². The zero-order valence-electron chi connectivity index (χ0n) is 16.2. The Bertz CT molecular complexity index is 983. The molecule has 4 amide bonds. The van der Waals surface area contributed by atoms with E-state index in [9.17, 15) is 14.4 Å². The van der Waals surface area contributed by atoms with E-state index in [1.165, 1.54) is 4.90 Å². The average molecular weight is 377 g/mol. The summed E-state index contributed by atoms with van der Waals surface area (Å²) < 4.78 is 0. The summed E-state index contributed by atoms with van der Waals surface area (Å²) in [5.41, 5.74) is 3.29. The summed E-state index contributed by atoms with van der Waals surface area (Å²) in [5.74, 6) is -0.378. The third-order valence-corrected chi connectivity index (χ3v) is 5.20. The van der Waals surface area contributed by atoms with Crippen molar-refractivity contribution >= 4 is 29.2 Å². The van der Waals surface area contributed by atoms with E-state index in [-0.39, 0.29) is 29.8 Å². The lowest BCUT2D eigenvalue weighted by Gasteiger charge is -2.23. The predicted molar refractivity (Wildman–Crippen MR) is 108 cm³/mol. The maximum atomic E-state index is 12.9. The van der Waals surface area contributed by atoms with E-state index in [1.54, 1.807) is 23.1 Å². The minimum atomic E-state index is -0.301. The van der Waals surface area contributed by atoms with E-state index in [0.29, 0.717) is 23.4 Å². The molecule has 2 aliphatic rings. The summed E-state index contributed by atoms with van der Waals surface area (Å²) in [7, 11) is 0. The van der Waals surface area contributed by atoms with E-state index in [1.807, 2.05) is 45.0 Å². The molecule has 144 valence electrons. The molecule has 28 heavy (non-hydrogen) atoms. The Morgan fingerprint density at radius 1 is 1.11 bits per heavy atom. The number of para-hydroxylation sites is 1. The molecule has 0 fully saturated rings. The van der Waals surface area contributed by atoms with E-state index in [2.05, 4.69) is 5.32 Å². The maximum absolute atomic E-state index is 12.9. The van der Waals surface area contributed by atoms with Gasteiger partial charge in [0, 0.05) is 24.0 Å². The molecule has 0 radical (unpaired) electrons. The van der Waals surface area contributed by atoms with Crippen LogP contribution in [0.3, 0.4) is 0 Å². The monoisotopic (exact) mass is 377 g/mol. The fourth-order valence-corrected chi connectivity index (χ4v) is 3.96. The van der Waals surface area contributed by atoms with Crippen LogP contribution in [0.4, 0.5) is 16.2 Å². The molecule has 0 spiro atoms. The number of anilines is 2. The minimum Gasteiger partial charge on any atom is -0.308 e. The summed E-state index contributed by atoms with van der Waals surface area (Å²) in [5, 5.41) is 2.88. The first kappa shape index (κ1) is 18.2. The summed E-state index contributed by atoms with van der Waals surface area (Å²) in [6, 6.07) is 12.6. The molecule has 0 saturated heterocycles. The lowest BCUT2D eigenvalue weighted by Crippen LogP contribution is -2.39. The van der Waals surface area contributed by atoms with Crippen molar-refractivity contribution in [3.63, 3.8) is 0 Å². The van der Waals surface area contributed by atoms with Crippen LogP contribution in [0.5, 0.6) is 0 Å². The first-order valence-electron chi connectivity index (χ1n) is 9.55. The lowest BCUT2D eigenvalue weighted by atomic mass is 10.1. The third-order valence-electron chi connectivity index (χ3n) is 5.20. The van der Waals surface area contributed by atoms with Gasteiger partial charge in [0.2, 0.25) is 0 Å². The van der Waals surface area contributed by atoms with Crippen molar-refractivity contribution in [1.29, 1.82) is 0 Å². The number of nitrogens with one attached hydrogen (secondary N) is 1. The van der Waals surface area contributed by atoms with E-state index in [4.69, 9.17) is 0 Å². The number of carbonyl (C=O) groups is 3. The molecule has 4 rings (SSSR count). The van der Waals surface area contributed by atoms with Crippen LogP contribution < -0.4 is 10.2 Å². The van der Waals surface area contributed by atoms with Crippen LogP contribution in [0, 0.1) is 5.92 Å². The number of carbonyl (C=O) groups excluding carboxylic acids is 3. The summed E-state index contributed by atoms with van der Waals surface area (Å²) >= 11 is 0. The van der Waals surface area contributed by atoms with Gasteiger partial charge in [0.05, 0.1) is 11.1 Å². The number of benzene rings is 2. The van der Waals surface area contributed by atoms with Gasteiger partial charge in [-0.15, -0.1) is 0 Å². The molecular formula is C22H23N3O3. The zero-order valence-corrected chi connectivity index (χ0v) is 16.2. The van der Waals surface area contributed by atoms with Gasteiger partial charge in [0.1, 0.15) is 0 Å². The Hall–Kier alpha value is -3.15. The third kappa shape index (κ3) is 2.95. The van der Waals surface area contributed by atoms with Crippen molar-refractivity contribution in [3.05, 3.63) is 59.2 Å². The highest BCUT2D eigenvalue weighted by atomic mass is 16.2. The summed E-state index contributed by atoms with van der Waals surface area (Å²) in [4.78, 5) is 41.0. The van der Waals surface area contributed by atoms with Gasteiger partial charge in [-0.2, -0.15) is 0 Å². The molecule has 6 nitrogen and oxygen atoms in total. The molecule has 1 N–H and O–H groups in total. The molecule has 1 atom stereocenters. The van der Waals surface area contributed by atoms with Gasteiger partial charge in [0.15, 0.2) is 0 Å². The molecule has 1 unspecified atom stereocenters. The van der Waals surface area contributed by atoms with Crippen LogP contribution in [-0.4, -0.2) is 35.3 Å². The first-order chi connectivity index (χ1) is 13.4. The van der Waals surface area contributed by atoms with Crippen LogP contribution in [0.25, 0.3) is 0 Å². The normalized spacial score (nSPS) is 17.9. The highest BCUT2D eigenvalue weighted by Gasteiger charge is 2.36. The van der Waals surface area contributed by atoms with Gasteiger partial charge < -0.3 is 5.32 Å². The molecule has 0 bridgehead atoms. The number of imide groups is 1. The van der Waals surface area contributed by atoms with Gasteiger partial charge >= 0.3 is 6.03 Å². The van der Waals surface area contributed by atoms with Crippen LogP contribution in [0.2, 0.25) is 0 Å². The summed E-state index contributed by atoms with van der Waals surface area (Å²) in [6.45, 7) is 6.32. The lowest BCUT2D eigenvalue weighted by molar-refractivity contribution is 0.0636. The van der Waals surface area contributed by atoms with Gasteiger partial charge in [-0.25, -0.2) is 4.79 Å². The summed E-state index contributed by atoms with van der Waals surface area (Å²) in [6.07, 6.45) is 0.810. The molecule has 2 aliphatic heterocycles. The molecule has 2 aromatic carbocycles. The van der Waals surface area contributed by atoms with Crippen molar-refractivity contribution < 1.29 is 14.4 Å². The Balaban J connectivity index is 1.57. The van der Waals surface area contributed by atoms with Crippen molar-refractivity contribution in [1.82, 2.24) is 4.90 Å². The predicted octanol–water partition coefficient (Wildman–Crippen LogP) is 3.92. The second-order valence-electron chi connectivity index (χ2n) is 7.86. The minimum absolute atomic E-state index is 0.0524. The number of amides is 4. The Labute approximate surface area is 164 Å². The second kappa shape index (κ2) is 6.78. The molecule has 2 heterocycles. The zero-order chi connectivity index (χ0) is 20.0. The van der Waals surface area contributed by atoms with Crippen molar-refractivity contribution in [2.75, 3.05) is 16.8 Å². The maximum Gasteiger partial charge on any atom is 0.326 e. The van der Waals surface area contributed by atoms with E-state index >= 15 is 0 Å². The standard InChI is InChI=1S/C22H23N3O3/c1-13(2)12-24-20(26)17-9-8-16(11-18(17)21(24)27)23-22(28)25-14(3)10-15-6-4-5-7-19(15)25/h4-9,11,13-14H,10,12H2,1-3H3,(H,23,28). The topological polar surface area (TPSA) is 69.7 Å². The highest BCUT2D eigenvalue weighted by Crippen LogP contribution is 2.33. The Kier molecular flexibility index (Phi) is 4.41. The molecule has 6 heteroatoms. The smallest absolute Gasteiger partial charge is 0.308 e. The largest absolute Gasteiger partial charge is 0.326 e. The second-order valence-corrected chi connectivity index (χ2v) is 7.86. The van der Waals surface area contributed by atoms with Crippen LogP contribution in [0.15, 0.2) is 42.5 Å². The SMILES string of the molecule is CC(C)CN1C(=O)c2ccc(NC(=O)N3c4ccccc4CC3C)cc2C1=O. The number of fused-ring (bicyclic) bond motifs is 2.